The topological polar surface area (TPSA) is 21.3 Å². The van der Waals surface area contributed by atoms with Crippen molar-refractivity contribution in [3.63, 3.8) is 0 Å². The molecule has 2 saturated heterocycles. The van der Waals surface area contributed by atoms with Crippen LogP contribution in [0.1, 0.15) is 39.5 Å². The average molecular weight is 271 g/mol. The summed E-state index contributed by atoms with van der Waals surface area (Å²) < 4.78 is 6.20. The molecule has 1 N–H and O–H groups in total. The molecule has 0 aromatic rings. The average Bonchev–Trinajstić information content (AvgIpc) is 2.39. The van der Waals surface area contributed by atoms with Gasteiger partial charge in [-0.2, -0.15) is 11.8 Å². The molecule has 0 aliphatic carbocycles. The van der Waals surface area contributed by atoms with Crippen molar-refractivity contribution in [3.8, 4) is 0 Å². The minimum Gasteiger partial charge on any atom is -0.375 e. The number of rotatable bonds is 4. The van der Waals surface area contributed by atoms with Gasteiger partial charge in [-0.15, -0.1) is 0 Å². The zero-order valence-corrected chi connectivity index (χ0v) is 13.0. The Kier molecular flexibility index (Phi) is 5.40. The van der Waals surface area contributed by atoms with E-state index in [0.717, 1.165) is 30.9 Å². The van der Waals surface area contributed by atoms with E-state index >= 15 is 0 Å². The van der Waals surface area contributed by atoms with E-state index < -0.39 is 0 Å². The largest absolute Gasteiger partial charge is 0.375 e. The first-order valence-electron chi connectivity index (χ1n) is 7.53. The molecule has 2 aliphatic heterocycles. The molecule has 2 nitrogen and oxygen atoms in total. The van der Waals surface area contributed by atoms with Crippen LogP contribution in [-0.2, 0) is 4.74 Å². The second-order valence-corrected chi connectivity index (χ2v) is 7.52. The van der Waals surface area contributed by atoms with Gasteiger partial charge in [0.15, 0.2) is 0 Å². The van der Waals surface area contributed by atoms with Crippen molar-refractivity contribution in [2.75, 3.05) is 31.7 Å². The highest BCUT2D eigenvalue weighted by atomic mass is 32.2. The number of thioether (sulfide) groups is 1. The van der Waals surface area contributed by atoms with Crippen LogP contribution in [0.4, 0.5) is 0 Å². The molecule has 0 aromatic heterocycles. The van der Waals surface area contributed by atoms with Gasteiger partial charge >= 0.3 is 0 Å². The summed E-state index contributed by atoms with van der Waals surface area (Å²) >= 11 is 2.10. The zero-order valence-electron chi connectivity index (χ0n) is 12.2. The quantitative estimate of drug-likeness (QED) is 0.848. The minimum atomic E-state index is 0.252. The van der Waals surface area contributed by atoms with E-state index in [1.807, 2.05) is 0 Å². The fourth-order valence-corrected chi connectivity index (χ4v) is 4.82. The van der Waals surface area contributed by atoms with Crippen molar-refractivity contribution in [1.29, 1.82) is 0 Å². The zero-order chi connectivity index (χ0) is 13.0. The van der Waals surface area contributed by atoms with Crippen LogP contribution < -0.4 is 5.32 Å². The molecule has 3 unspecified atom stereocenters. The Hall–Kier alpha value is 0.270. The highest BCUT2D eigenvalue weighted by Gasteiger charge is 2.40. The first-order valence-corrected chi connectivity index (χ1v) is 8.69. The van der Waals surface area contributed by atoms with E-state index in [1.54, 1.807) is 0 Å². The summed E-state index contributed by atoms with van der Waals surface area (Å²) in [6, 6.07) is 0. The maximum Gasteiger partial charge on any atom is 0.0701 e. The van der Waals surface area contributed by atoms with Crippen molar-refractivity contribution in [2.45, 2.75) is 45.1 Å². The van der Waals surface area contributed by atoms with Crippen LogP contribution in [0.3, 0.4) is 0 Å². The number of ether oxygens (including phenoxy) is 1. The van der Waals surface area contributed by atoms with Gasteiger partial charge in [-0.25, -0.2) is 0 Å². The summed E-state index contributed by atoms with van der Waals surface area (Å²) in [7, 11) is 2.06. The van der Waals surface area contributed by atoms with Crippen molar-refractivity contribution < 1.29 is 4.74 Å². The van der Waals surface area contributed by atoms with Gasteiger partial charge in [0.2, 0.25) is 0 Å². The van der Waals surface area contributed by atoms with E-state index in [1.165, 1.54) is 37.2 Å². The third-order valence-corrected chi connectivity index (χ3v) is 6.09. The summed E-state index contributed by atoms with van der Waals surface area (Å²) in [4.78, 5) is 0. The Morgan fingerprint density at radius 1 is 1.33 bits per heavy atom. The van der Waals surface area contributed by atoms with Crippen LogP contribution in [0.25, 0.3) is 0 Å². The predicted molar refractivity (Wildman–Crippen MR) is 80.2 cm³/mol. The Balaban J connectivity index is 1.93. The molecule has 0 radical (unpaired) electrons. The first-order chi connectivity index (χ1) is 8.67. The van der Waals surface area contributed by atoms with Gasteiger partial charge in [-0.1, -0.05) is 13.8 Å². The molecule has 2 aliphatic rings. The normalized spacial score (nSPS) is 31.2. The third-order valence-electron chi connectivity index (χ3n) is 5.10. The maximum atomic E-state index is 6.20. The molecular weight excluding hydrogens is 242 g/mol. The van der Waals surface area contributed by atoms with Crippen LogP contribution in [0.15, 0.2) is 0 Å². The molecule has 0 aromatic carbocycles. The second-order valence-electron chi connectivity index (χ2n) is 6.29. The Morgan fingerprint density at radius 3 is 2.72 bits per heavy atom. The fourth-order valence-electron chi connectivity index (χ4n) is 3.58. The summed E-state index contributed by atoms with van der Waals surface area (Å²) in [5.74, 6) is 5.05. The van der Waals surface area contributed by atoms with Gasteiger partial charge in [0.25, 0.3) is 0 Å². The molecule has 0 saturated carbocycles. The Morgan fingerprint density at radius 2 is 2.06 bits per heavy atom. The van der Waals surface area contributed by atoms with Crippen LogP contribution in [0, 0.1) is 17.8 Å². The Bertz CT molecular complexity index is 247. The molecule has 2 heterocycles. The van der Waals surface area contributed by atoms with E-state index in [2.05, 4.69) is 38.0 Å². The van der Waals surface area contributed by atoms with Gasteiger partial charge < -0.3 is 10.1 Å². The van der Waals surface area contributed by atoms with E-state index in [9.17, 15) is 0 Å². The lowest BCUT2D eigenvalue weighted by atomic mass is 9.73. The lowest BCUT2D eigenvalue weighted by Gasteiger charge is -2.45. The van der Waals surface area contributed by atoms with Crippen LogP contribution in [-0.4, -0.2) is 37.3 Å². The van der Waals surface area contributed by atoms with Gasteiger partial charge in [-0.3, -0.25) is 0 Å². The van der Waals surface area contributed by atoms with Gasteiger partial charge in [0, 0.05) is 6.61 Å². The summed E-state index contributed by atoms with van der Waals surface area (Å²) in [5, 5.41) is 3.32. The number of hydrogen-bond donors (Lipinski definition) is 1. The van der Waals surface area contributed by atoms with Crippen molar-refractivity contribution >= 4 is 11.8 Å². The number of hydrogen-bond acceptors (Lipinski definition) is 3. The number of nitrogens with one attached hydrogen (secondary N) is 1. The van der Waals surface area contributed by atoms with Crippen molar-refractivity contribution in [1.82, 2.24) is 5.32 Å². The van der Waals surface area contributed by atoms with Crippen LogP contribution in [0.5, 0.6) is 0 Å². The highest BCUT2D eigenvalue weighted by molar-refractivity contribution is 7.99. The van der Waals surface area contributed by atoms with E-state index in [4.69, 9.17) is 4.74 Å². The third kappa shape index (κ3) is 3.43. The molecule has 0 amide bonds. The van der Waals surface area contributed by atoms with Gasteiger partial charge in [0.05, 0.1) is 5.60 Å². The van der Waals surface area contributed by atoms with E-state index in [0.29, 0.717) is 0 Å². The van der Waals surface area contributed by atoms with E-state index in [-0.39, 0.29) is 5.60 Å². The maximum absolute atomic E-state index is 6.20. The molecular formula is C15H29NOS. The van der Waals surface area contributed by atoms with Crippen LogP contribution in [0.2, 0.25) is 0 Å². The van der Waals surface area contributed by atoms with Gasteiger partial charge in [-0.05, 0) is 68.5 Å². The second kappa shape index (κ2) is 6.62. The van der Waals surface area contributed by atoms with Crippen molar-refractivity contribution in [2.24, 2.45) is 17.8 Å². The smallest absolute Gasteiger partial charge is 0.0701 e. The first kappa shape index (κ1) is 14.7. The molecule has 0 bridgehead atoms. The highest BCUT2D eigenvalue weighted by Crippen LogP contribution is 2.43. The Labute approximate surface area is 117 Å². The predicted octanol–water partition coefficient (Wildman–Crippen LogP) is 3.17. The molecule has 3 atom stereocenters. The molecule has 1 spiro atoms. The molecule has 2 rings (SSSR count). The molecule has 18 heavy (non-hydrogen) atoms. The summed E-state index contributed by atoms with van der Waals surface area (Å²) in [6.45, 7) is 6.97. The fraction of sp³-hybridized carbons (Fsp3) is 1.00. The molecule has 2 fully saturated rings. The lowest BCUT2D eigenvalue weighted by molar-refractivity contribution is -0.112. The molecule has 106 valence electrons. The van der Waals surface area contributed by atoms with Crippen LogP contribution >= 0.6 is 11.8 Å². The summed E-state index contributed by atoms with van der Waals surface area (Å²) in [6.07, 6.45) is 5.13. The van der Waals surface area contributed by atoms with Crippen molar-refractivity contribution in [3.05, 3.63) is 0 Å². The lowest BCUT2D eigenvalue weighted by Crippen LogP contribution is -2.45. The standard InChI is InChI=1S/C15H29NOS/c1-12(11-16-3)13(2)14-4-7-17-15(10-14)5-8-18-9-6-15/h12-14,16H,4-11H2,1-3H3. The van der Waals surface area contributed by atoms with Gasteiger partial charge in [0.1, 0.15) is 0 Å². The SMILES string of the molecule is CNCC(C)C(C)C1CCOC2(CCSCC2)C1. The minimum absolute atomic E-state index is 0.252. The monoisotopic (exact) mass is 271 g/mol. The molecule has 3 heteroatoms. The summed E-state index contributed by atoms with van der Waals surface area (Å²) in [5.41, 5.74) is 0.252.